The van der Waals surface area contributed by atoms with Gasteiger partial charge in [-0.15, -0.1) is 11.3 Å². The van der Waals surface area contributed by atoms with Crippen LogP contribution in [0.5, 0.6) is 0 Å². The van der Waals surface area contributed by atoms with E-state index in [2.05, 4.69) is 11.1 Å². The molecule has 1 atom stereocenters. The van der Waals surface area contributed by atoms with Crippen molar-refractivity contribution in [3.63, 3.8) is 0 Å². The van der Waals surface area contributed by atoms with Gasteiger partial charge in [0.2, 0.25) is 0 Å². The molecule has 0 fully saturated rings. The smallest absolute Gasteiger partial charge is 0.115 e. The molecule has 0 amide bonds. The van der Waals surface area contributed by atoms with Gasteiger partial charge in [0.15, 0.2) is 0 Å². The van der Waals surface area contributed by atoms with Gasteiger partial charge >= 0.3 is 0 Å². The molecule has 3 heteroatoms. The number of hydrogen-bond acceptors (Lipinski definition) is 3. The third-order valence-electron chi connectivity index (χ3n) is 3.66. The summed E-state index contributed by atoms with van der Waals surface area (Å²) < 4.78 is 0. The Morgan fingerprint density at radius 3 is 2.94 bits per heavy atom. The molecule has 0 aliphatic heterocycles. The van der Waals surface area contributed by atoms with E-state index in [4.69, 9.17) is 0 Å². The van der Waals surface area contributed by atoms with Crippen molar-refractivity contribution < 1.29 is 5.11 Å². The topological polar surface area (TPSA) is 33.1 Å². The first-order valence-electron chi connectivity index (χ1n) is 6.46. The summed E-state index contributed by atoms with van der Waals surface area (Å²) in [5.74, 6) is 0. The zero-order valence-electron chi connectivity index (χ0n) is 10.5. The Morgan fingerprint density at radius 1 is 1.33 bits per heavy atom. The molecule has 0 saturated carbocycles. The Labute approximate surface area is 111 Å². The molecule has 1 aliphatic rings. The molecule has 2 aromatic rings. The molecule has 18 heavy (non-hydrogen) atoms. The van der Waals surface area contributed by atoms with Crippen molar-refractivity contribution in [1.82, 2.24) is 4.98 Å². The molecule has 0 spiro atoms. The molecule has 1 unspecified atom stereocenters. The number of aryl methyl sites for hydroxylation is 3. The SMILES string of the molecule is Cc1ccncc1C(O)c1cc2c(s1)CCCC2. The highest BCUT2D eigenvalue weighted by Crippen LogP contribution is 2.35. The predicted molar refractivity (Wildman–Crippen MR) is 74.0 cm³/mol. The number of aliphatic hydroxyl groups is 1. The zero-order chi connectivity index (χ0) is 12.5. The van der Waals surface area contributed by atoms with Crippen LogP contribution in [0.4, 0.5) is 0 Å². The second-order valence-corrected chi connectivity index (χ2v) is 6.11. The Morgan fingerprint density at radius 2 is 2.17 bits per heavy atom. The fourth-order valence-corrected chi connectivity index (χ4v) is 3.83. The average Bonchev–Trinajstić information content (AvgIpc) is 2.82. The Bertz CT molecular complexity index is 538. The summed E-state index contributed by atoms with van der Waals surface area (Å²) in [7, 11) is 0. The molecule has 1 aliphatic carbocycles. The quantitative estimate of drug-likeness (QED) is 0.896. The Hall–Kier alpha value is -1.19. The van der Waals surface area contributed by atoms with Gasteiger partial charge in [-0.1, -0.05) is 0 Å². The second-order valence-electron chi connectivity index (χ2n) is 4.94. The minimum atomic E-state index is -0.519. The van der Waals surface area contributed by atoms with Crippen LogP contribution < -0.4 is 0 Å². The molecule has 94 valence electrons. The fraction of sp³-hybridized carbons (Fsp3) is 0.400. The largest absolute Gasteiger partial charge is 0.383 e. The number of pyridine rings is 1. The summed E-state index contributed by atoms with van der Waals surface area (Å²) in [6, 6.07) is 4.14. The molecular weight excluding hydrogens is 242 g/mol. The highest BCUT2D eigenvalue weighted by molar-refractivity contribution is 7.12. The number of rotatable bonds is 2. The number of thiophene rings is 1. The molecule has 3 rings (SSSR count). The van der Waals surface area contributed by atoms with Crippen LogP contribution in [0.3, 0.4) is 0 Å². The first kappa shape index (κ1) is 11.9. The summed E-state index contributed by atoms with van der Waals surface area (Å²) in [5.41, 5.74) is 3.47. The molecule has 0 bridgehead atoms. The van der Waals surface area contributed by atoms with E-state index < -0.39 is 6.10 Å². The number of aromatic nitrogens is 1. The van der Waals surface area contributed by atoms with Gasteiger partial charge in [-0.05, 0) is 55.9 Å². The van der Waals surface area contributed by atoms with Gasteiger partial charge in [0.25, 0.3) is 0 Å². The molecule has 1 N–H and O–H groups in total. The zero-order valence-corrected chi connectivity index (χ0v) is 11.3. The van der Waals surface area contributed by atoms with E-state index in [-0.39, 0.29) is 0 Å². The first-order chi connectivity index (χ1) is 8.75. The summed E-state index contributed by atoms with van der Waals surface area (Å²) in [5, 5.41) is 10.5. The molecule has 0 radical (unpaired) electrons. The van der Waals surface area contributed by atoms with Crippen LogP contribution in [0.25, 0.3) is 0 Å². The van der Waals surface area contributed by atoms with Gasteiger partial charge < -0.3 is 5.11 Å². The third kappa shape index (κ3) is 2.08. The number of hydrogen-bond donors (Lipinski definition) is 1. The first-order valence-corrected chi connectivity index (χ1v) is 7.27. The number of aliphatic hydroxyl groups excluding tert-OH is 1. The summed E-state index contributed by atoms with van der Waals surface area (Å²) >= 11 is 1.77. The lowest BCUT2D eigenvalue weighted by atomic mass is 9.98. The van der Waals surface area contributed by atoms with Crippen LogP contribution in [0, 0.1) is 6.92 Å². The molecule has 2 heterocycles. The van der Waals surface area contributed by atoms with Crippen LogP contribution in [-0.2, 0) is 12.8 Å². The molecule has 2 nitrogen and oxygen atoms in total. The van der Waals surface area contributed by atoms with Crippen LogP contribution >= 0.6 is 11.3 Å². The van der Waals surface area contributed by atoms with Crippen LogP contribution in [0.2, 0.25) is 0 Å². The summed E-state index contributed by atoms with van der Waals surface area (Å²) in [6.07, 6.45) is 7.95. The van der Waals surface area contributed by atoms with Crippen molar-refractivity contribution in [2.75, 3.05) is 0 Å². The van der Waals surface area contributed by atoms with E-state index in [1.165, 1.54) is 36.1 Å². The maximum atomic E-state index is 10.5. The van der Waals surface area contributed by atoms with Crippen LogP contribution in [0.15, 0.2) is 24.5 Å². The third-order valence-corrected chi connectivity index (χ3v) is 4.95. The van der Waals surface area contributed by atoms with Crippen molar-refractivity contribution in [2.24, 2.45) is 0 Å². The molecular formula is C15H17NOS. The lowest BCUT2D eigenvalue weighted by Gasteiger charge is -2.10. The van der Waals surface area contributed by atoms with Gasteiger partial charge in [-0.2, -0.15) is 0 Å². The van der Waals surface area contributed by atoms with Gasteiger partial charge in [-0.25, -0.2) is 0 Å². The van der Waals surface area contributed by atoms with Crippen LogP contribution in [0.1, 0.15) is 45.4 Å². The summed E-state index contributed by atoms with van der Waals surface area (Å²) in [6.45, 7) is 2.02. The number of nitrogens with zero attached hydrogens (tertiary/aromatic N) is 1. The summed E-state index contributed by atoms with van der Waals surface area (Å²) in [4.78, 5) is 6.66. The Balaban J connectivity index is 1.95. The molecule has 0 saturated heterocycles. The minimum Gasteiger partial charge on any atom is -0.383 e. The number of fused-ring (bicyclic) bond motifs is 1. The van der Waals surface area contributed by atoms with E-state index in [0.29, 0.717) is 0 Å². The maximum absolute atomic E-state index is 10.5. The molecule has 2 aromatic heterocycles. The van der Waals surface area contributed by atoms with Gasteiger partial charge in [0.05, 0.1) is 0 Å². The van der Waals surface area contributed by atoms with E-state index >= 15 is 0 Å². The molecule has 0 aromatic carbocycles. The second kappa shape index (κ2) is 4.82. The standard InChI is InChI=1S/C15H17NOS/c1-10-6-7-16-9-12(10)15(17)14-8-11-4-2-3-5-13(11)18-14/h6-9,15,17H,2-5H2,1H3. The van der Waals surface area contributed by atoms with E-state index in [9.17, 15) is 5.11 Å². The van der Waals surface area contributed by atoms with Crippen molar-refractivity contribution in [3.05, 3.63) is 51.0 Å². The van der Waals surface area contributed by atoms with E-state index in [1.807, 2.05) is 13.0 Å². The minimum absolute atomic E-state index is 0.519. The van der Waals surface area contributed by atoms with Crippen molar-refractivity contribution in [1.29, 1.82) is 0 Å². The average molecular weight is 259 g/mol. The lowest BCUT2D eigenvalue weighted by molar-refractivity contribution is 0.223. The highest BCUT2D eigenvalue weighted by Gasteiger charge is 2.19. The predicted octanol–water partition coefficient (Wildman–Crippen LogP) is 3.41. The van der Waals surface area contributed by atoms with Crippen LogP contribution in [-0.4, -0.2) is 10.1 Å². The fourth-order valence-electron chi connectivity index (χ4n) is 2.56. The normalized spacial score (nSPS) is 16.3. The lowest BCUT2D eigenvalue weighted by Crippen LogP contribution is -2.00. The van der Waals surface area contributed by atoms with Gasteiger partial charge in [-0.3, -0.25) is 4.98 Å². The highest BCUT2D eigenvalue weighted by atomic mass is 32.1. The van der Waals surface area contributed by atoms with Gasteiger partial charge in [0, 0.05) is 27.7 Å². The van der Waals surface area contributed by atoms with E-state index in [1.54, 1.807) is 23.7 Å². The maximum Gasteiger partial charge on any atom is 0.115 e. The monoisotopic (exact) mass is 259 g/mol. The van der Waals surface area contributed by atoms with Crippen molar-refractivity contribution in [3.8, 4) is 0 Å². The van der Waals surface area contributed by atoms with Crippen molar-refractivity contribution >= 4 is 11.3 Å². The van der Waals surface area contributed by atoms with Gasteiger partial charge in [0.1, 0.15) is 6.10 Å². The Kier molecular flexibility index (Phi) is 3.18. The van der Waals surface area contributed by atoms with E-state index in [0.717, 1.165) is 16.0 Å². The van der Waals surface area contributed by atoms with Crippen molar-refractivity contribution in [2.45, 2.75) is 38.7 Å².